The molecule has 1 aromatic rings. The Morgan fingerprint density at radius 1 is 1.04 bits per heavy atom. The number of likely N-dealkylation sites (tertiary alicyclic amines) is 2. The highest BCUT2D eigenvalue weighted by Gasteiger charge is 2.38. The maximum atomic E-state index is 12.6. The number of carbonyl (C=O) groups is 2. The summed E-state index contributed by atoms with van der Waals surface area (Å²) < 4.78 is 5.33. The minimum absolute atomic E-state index is 0.126. The number of hydrogen-bond donors (Lipinski definition) is 0. The first-order valence-corrected chi connectivity index (χ1v) is 9.65. The molecule has 3 heterocycles. The van der Waals surface area contributed by atoms with Crippen LogP contribution in [-0.2, 0) is 14.3 Å². The van der Waals surface area contributed by atoms with Crippen molar-refractivity contribution in [1.82, 2.24) is 14.7 Å². The molecule has 0 radical (unpaired) electrons. The summed E-state index contributed by atoms with van der Waals surface area (Å²) >= 11 is 0. The average Bonchev–Trinajstić information content (AvgIpc) is 2.71. The van der Waals surface area contributed by atoms with Crippen LogP contribution in [-0.4, -0.2) is 72.6 Å². The maximum absolute atomic E-state index is 12.6. The summed E-state index contributed by atoms with van der Waals surface area (Å²) in [7, 11) is 0. The molecule has 6 nitrogen and oxygen atoms in total. The van der Waals surface area contributed by atoms with Gasteiger partial charge in [-0.2, -0.15) is 0 Å². The molecule has 3 saturated heterocycles. The van der Waals surface area contributed by atoms with Crippen molar-refractivity contribution in [2.45, 2.75) is 25.3 Å². The lowest BCUT2D eigenvalue weighted by Gasteiger charge is -2.45. The van der Waals surface area contributed by atoms with Gasteiger partial charge < -0.3 is 14.5 Å². The second kappa shape index (κ2) is 7.76. The van der Waals surface area contributed by atoms with Crippen LogP contribution < -0.4 is 0 Å². The fraction of sp³-hybridized carbons (Fsp3) is 0.600. The maximum Gasteiger partial charge on any atom is 0.226 e. The lowest BCUT2D eigenvalue weighted by molar-refractivity contribution is -0.151. The van der Waals surface area contributed by atoms with Gasteiger partial charge in [0.25, 0.3) is 0 Å². The van der Waals surface area contributed by atoms with Crippen molar-refractivity contribution in [3.8, 4) is 0 Å². The molecule has 4 rings (SSSR count). The number of rotatable bonds is 4. The largest absolute Gasteiger partial charge is 0.378 e. The zero-order valence-corrected chi connectivity index (χ0v) is 15.2. The lowest BCUT2D eigenvalue weighted by Crippen LogP contribution is -2.53. The normalized spacial score (nSPS) is 25.2. The SMILES string of the molecule is O=C(C1CCN(CN2C(=O)CC2c2ccccc2)CC1)N1CCOCC1. The zero-order valence-electron chi connectivity index (χ0n) is 15.2. The van der Waals surface area contributed by atoms with Crippen LogP contribution in [0.1, 0.15) is 30.9 Å². The van der Waals surface area contributed by atoms with E-state index in [-0.39, 0.29) is 23.8 Å². The van der Waals surface area contributed by atoms with Crippen molar-refractivity contribution in [2.24, 2.45) is 5.92 Å². The van der Waals surface area contributed by atoms with Gasteiger partial charge >= 0.3 is 0 Å². The van der Waals surface area contributed by atoms with E-state index in [0.717, 1.165) is 39.0 Å². The van der Waals surface area contributed by atoms with E-state index >= 15 is 0 Å². The molecule has 26 heavy (non-hydrogen) atoms. The van der Waals surface area contributed by atoms with Crippen LogP contribution in [0.4, 0.5) is 0 Å². The first-order valence-electron chi connectivity index (χ1n) is 9.65. The van der Waals surface area contributed by atoms with Gasteiger partial charge in [-0.1, -0.05) is 30.3 Å². The molecule has 1 unspecified atom stereocenters. The van der Waals surface area contributed by atoms with Crippen molar-refractivity contribution < 1.29 is 14.3 Å². The molecule has 0 aromatic heterocycles. The zero-order chi connectivity index (χ0) is 17.9. The molecule has 0 bridgehead atoms. The van der Waals surface area contributed by atoms with E-state index in [4.69, 9.17) is 4.74 Å². The molecule has 0 aliphatic carbocycles. The van der Waals surface area contributed by atoms with Crippen molar-refractivity contribution >= 4 is 11.8 Å². The smallest absolute Gasteiger partial charge is 0.226 e. The van der Waals surface area contributed by atoms with E-state index in [1.54, 1.807) is 0 Å². The van der Waals surface area contributed by atoms with Gasteiger partial charge in [0, 0.05) is 32.1 Å². The van der Waals surface area contributed by atoms with Crippen LogP contribution in [0.15, 0.2) is 30.3 Å². The third-order valence-corrected chi connectivity index (χ3v) is 5.86. The monoisotopic (exact) mass is 357 g/mol. The summed E-state index contributed by atoms with van der Waals surface area (Å²) in [5, 5.41) is 0. The van der Waals surface area contributed by atoms with Gasteiger partial charge in [0.15, 0.2) is 0 Å². The van der Waals surface area contributed by atoms with Gasteiger partial charge in [0.05, 0.1) is 32.3 Å². The van der Waals surface area contributed by atoms with Crippen molar-refractivity contribution in [3.05, 3.63) is 35.9 Å². The van der Waals surface area contributed by atoms with E-state index in [1.165, 1.54) is 5.56 Å². The summed E-state index contributed by atoms with van der Waals surface area (Å²) in [6.45, 7) is 5.19. The summed E-state index contributed by atoms with van der Waals surface area (Å²) in [5.41, 5.74) is 1.21. The summed E-state index contributed by atoms with van der Waals surface area (Å²) in [4.78, 5) is 31.0. The Hall–Kier alpha value is -1.92. The second-order valence-corrected chi connectivity index (χ2v) is 7.47. The quantitative estimate of drug-likeness (QED) is 0.766. The van der Waals surface area contributed by atoms with Gasteiger partial charge in [-0.25, -0.2) is 0 Å². The predicted octanol–water partition coefficient (Wildman–Crippen LogP) is 1.49. The number of amides is 2. The molecule has 3 aliphatic heterocycles. The Bertz CT molecular complexity index is 637. The Labute approximate surface area is 154 Å². The molecular formula is C20H27N3O3. The Kier molecular flexibility index (Phi) is 5.22. The number of nitrogens with zero attached hydrogens (tertiary/aromatic N) is 3. The number of morpholine rings is 1. The summed E-state index contributed by atoms with van der Waals surface area (Å²) in [6.07, 6.45) is 2.37. The van der Waals surface area contributed by atoms with E-state index in [0.29, 0.717) is 26.3 Å². The number of β-lactam (4-membered cyclic amide) rings is 1. The Morgan fingerprint density at radius 2 is 1.73 bits per heavy atom. The fourth-order valence-corrected chi connectivity index (χ4v) is 4.18. The number of piperidine rings is 1. The van der Waals surface area contributed by atoms with E-state index in [1.807, 2.05) is 28.0 Å². The highest BCUT2D eigenvalue weighted by atomic mass is 16.5. The molecular weight excluding hydrogens is 330 g/mol. The average molecular weight is 357 g/mol. The minimum Gasteiger partial charge on any atom is -0.378 e. The van der Waals surface area contributed by atoms with Gasteiger partial charge in [0.2, 0.25) is 11.8 Å². The van der Waals surface area contributed by atoms with E-state index in [2.05, 4.69) is 17.0 Å². The van der Waals surface area contributed by atoms with E-state index in [9.17, 15) is 9.59 Å². The van der Waals surface area contributed by atoms with Gasteiger partial charge in [-0.05, 0) is 18.4 Å². The highest BCUT2D eigenvalue weighted by Crippen LogP contribution is 2.34. The number of ether oxygens (including phenoxy) is 1. The summed E-state index contributed by atoms with van der Waals surface area (Å²) in [6, 6.07) is 10.5. The molecule has 0 N–H and O–H groups in total. The number of carbonyl (C=O) groups excluding carboxylic acids is 2. The van der Waals surface area contributed by atoms with Crippen molar-refractivity contribution in [1.29, 1.82) is 0 Å². The number of benzene rings is 1. The first-order chi connectivity index (χ1) is 12.7. The Balaban J connectivity index is 1.28. The number of hydrogen-bond acceptors (Lipinski definition) is 4. The van der Waals surface area contributed by atoms with Gasteiger partial charge in [0.1, 0.15) is 0 Å². The molecule has 1 aromatic carbocycles. The molecule has 3 fully saturated rings. The minimum atomic E-state index is 0.126. The third-order valence-electron chi connectivity index (χ3n) is 5.86. The first kappa shape index (κ1) is 17.5. The Morgan fingerprint density at radius 3 is 2.38 bits per heavy atom. The molecule has 2 amide bonds. The molecule has 3 aliphatic rings. The third kappa shape index (κ3) is 3.62. The van der Waals surface area contributed by atoms with Gasteiger partial charge in [-0.3, -0.25) is 14.5 Å². The predicted molar refractivity (Wildman–Crippen MR) is 97.2 cm³/mol. The fourth-order valence-electron chi connectivity index (χ4n) is 4.18. The van der Waals surface area contributed by atoms with Crippen molar-refractivity contribution in [3.63, 3.8) is 0 Å². The van der Waals surface area contributed by atoms with Gasteiger partial charge in [-0.15, -0.1) is 0 Å². The van der Waals surface area contributed by atoms with E-state index < -0.39 is 0 Å². The molecule has 6 heteroatoms. The van der Waals surface area contributed by atoms with Crippen molar-refractivity contribution in [2.75, 3.05) is 46.1 Å². The second-order valence-electron chi connectivity index (χ2n) is 7.47. The standard InChI is InChI=1S/C20H27N3O3/c24-19-14-18(16-4-2-1-3-5-16)23(19)15-21-8-6-17(7-9-21)20(25)22-10-12-26-13-11-22/h1-5,17-18H,6-15H2. The van der Waals surface area contributed by atoms with Crippen LogP contribution in [0.5, 0.6) is 0 Å². The summed E-state index contributed by atoms with van der Waals surface area (Å²) in [5.74, 6) is 0.641. The lowest BCUT2D eigenvalue weighted by atomic mass is 9.93. The van der Waals surface area contributed by atoms with Crippen LogP contribution in [0.2, 0.25) is 0 Å². The van der Waals surface area contributed by atoms with Crippen LogP contribution in [0, 0.1) is 5.92 Å². The van der Waals surface area contributed by atoms with Crippen LogP contribution in [0.25, 0.3) is 0 Å². The molecule has 140 valence electrons. The molecule has 0 saturated carbocycles. The van der Waals surface area contributed by atoms with Crippen LogP contribution >= 0.6 is 0 Å². The molecule has 1 atom stereocenters. The topological polar surface area (TPSA) is 53.1 Å². The highest BCUT2D eigenvalue weighted by molar-refractivity contribution is 5.83. The molecule has 0 spiro atoms. The van der Waals surface area contributed by atoms with Crippen LogP contribution in [0.3, 0.4) is 0 Å².